The van der Waals surface area contributed by atoms with Crippen LogP contribution in [0.2, 0.25) is 0 Å². The van der Waals surface area contributed by atoms with Crippen molar-refractivity contribution in [3.63, 3.8) is 0 Å². The van der Waals surface area contributed by atoms with Gasteiger partial charge in [-0.1, -0.05) is 0 Å². The van der Waals surface area contributed by atoms with Crippen molar-refractivity contribution in [3.8, 4) is 0 Å². The summed E-state index contributed by atoms with van der Waals surface area (Å²) < 4.78 is 0. The fourth-order valence-corrected chi connectivity index (χ4v) is 3.55. The molecule has 2 N–H and O–H groups in total. The molecule has 0 amide bonds. The minimum absolute atomic E-state index is 0.853. The molecule has 1 aromatic rings. The largest absolute Gasteiger partial charge is 0.357 e. The molecule has 1 saturated heterocycles. The van der Waals surface area contributed by atoms with E-state index in [1.54, 1.807) is 11.3 Å². The number of aromatic nitrogens is 1. The van der Waals surface area contributed by atoms with Crippen LogP contribution in [0.25, 0.3) is 0 Å². The summed E-state index contributed by atoms with van der Waals surface area (Å²) in [5, 5.41) is 10.0. The molecule has 0 aliphatic carbocycles. The van der Waals surface area contributed by atoms with Crippen molar-refractivity contribution in [2.45, 2.75) is 26.2 Å². The summed E-state index contributed by atoms with van der Waals surface area (Å²) in [6.45, 7) is 7.03. The van der Waals surface area contributed by atoms with Crippen LogP contribution in [0.3, 0.4) is 0 Å². The van der Waals surface area contributed by atoms with Gasteiger partial charge in [-0.25, -0.2) is 4.98 Å². The van der Waals surface area contributed by atoms with Crippen molar-refractivity contribution in [2.24, 2.45) is 4.99 Å². The first-order valence-corrected chi connectivity index (χ1v) is 10.3. The molecule has 124 valence electrons. The van der Waals surface area contributed by atoms with E-state index < -0.39 is 0 Å². The molecule has 0 saturated carbocycles. The van der Waals surface area contributed by atoms with Crippen LogP contribution in [0.15, 0.2) is 10.4 Å². The lowest BCUT2D eigenvalue weighted by molar-refractivity contribution is 0.793. The molecular formula is C15H27N5S2. The maximum Gasteiger partial charge on any atom is 0.191 e. The Morgan fingerprint density at radius 2 is 2.23 bits per heavy atom. The van der Waals surface area contributed by atoms with Crippen molar-refractivity contribution in [1.29, 1.82) is 0 Å². The Kier molecular flexibility index (Phi) is 7.87. The summed E-state index contributed by atoms with van der Waals surface area (Å²) in [4.78, 5) is 11.7. The van der Waals surface area contributed by atoms with Crippen LogP contribution in [0.5, 0.6) is 0 Å². The second-order valence-corrected chi connectivity index (χ2v) is 7.07. The second-order valence-electron chi connectivity index (χ2n) is 5.25. The molecule has 0 bridgehead atoms. The monoisotopic (exact) mass is 341 g/mol. The smallest absolute Gasteiger partial charge is 0.191 e. The van der Waals surface area contributed by atoms with Crippen LogP contribution < -0.4 is 15.5 Å². The van der Waals surface area contributed by atoms with Crippen molar-refractivity contribution in [1.82, 2.24) is 15.6 Å². The molecule has 1 aliphatic rings. The van der Waals surface area contributed by atoms with Crippen LogP contribution >= 0.6 is 23.1 Å². The highest BCUT2D eigenvalue weighted by atomic mass is 32.2. The molecule has 2 rings (SSSR count). The number of nitrogens with zero attached hydrogens (tertiary/aromatic N) is 3. The SMILES string of the molecule is CCNC(=NCCSC)NCCc1csc(N2CCCC2)n1. The van der Waals surface area contributed by atoms with Crippen LogP contribution in [0.1, 0.15) is 25.5 Å². The molecule has 0 radical (unpaired) electrons. The Labute approximate surface area is 142 Å². The van der Waals surface area contributed by atoms with Gasteiger partial charge in [0.25, 0.3) is 0 Å². The van der Waals surface area contributed by atoms with E-state index in [0.717, 1.165) is 50.9 Å². The van der Waals surface area contributed by atoms with E-state index in [0.29, 0.717) is 0 Å². The third-order valence-electron chi connectivity index (χ3n) is 3.50. The zero-order valence-corrected chi connectivity index (χ0v) is 15.2. The van der Waals surface area contributed by atoms with Crippen molar-refractivity contribution >= 4 is 34.2 Å². The predicted molar refractivity (Wildman–Crippen MR) is 99.6 cm³/mol. The Morgan fingerprint density at radius 3 is 2.95 bits per heavy atom. The molecule has 1 fully saturated rings. The number of hydrogen-bond acceptors (Lipinski definition) is 5. The number of thiazole rings is 1. The number of hydrogen-bond donors (Lipinski definition) is 2. The number of guanidine groups is 1. The normalized spacial score (nSPS) is 15.4. The molecule has 2 heterocycles. The van der Waals surface area contributed by atoms with Crippen molar-refractivity contribution in [2.75, 3.05) is 49.6 Å². The van der Waals surface area contributed by atoms with Crippen LogP contribution in [0, 0.1) is 0 Å². The minimum Gasteiger partial charge on any atom is -0.357 e. The predicted octanol–water partition coefficient (Wildman–Crippen LogP) is 2.20. The lowest BCUT2D eigenvalue weighted by atomic mass is 10.3. The van der Waals surface area contributed by atoms with Gasteiger partial charge in [0.15, 0.2) is 11.1 Å². The minimum atomic E-state index is 0.853. The molecule has 1 aromatic heterocycles. The summed E-state index contributed by atoms with van der Waals surface area (Å²) in [5.74, 6) is 1.97. The van der Waals surface area contributed by atoms with Gasteiger partial charge in [-0.2, -0.15) is 11.8 Å². The van der Waals surface area contributed by atoms with Gasteiger partial charge in [-0.3, -0.25) is 4.99 Å². The summed E-state index contributed by atoms with van der Waals surface area (Å²) in [6, 6.07) is 0. The number of aliphatic imine (C=N–C) groups is 1. The lowest BCUT2D eigenvalue weighted by Crippen LogP contribution is -2.38. The fourth-order valence-electron chi connectivity index (χ4n) is 2.36. The number of nitrogens with one attached hydrogen (secondary N) is 2. The van der Waals surface area contributed by atoms with Gasteiger partial charge in [0.1, 0.15) is 0 Å². The zero-order chi connectivity index (χ0) is 15.6. The van der Waals surface area contributed by atoms with E-state index in [1.165, 1.54) is 23.7 Å². The molecule has 5 nitrogen and oxygen atoms in total. The van der Waals surface area contributed by atoms with E-state index in [4.69, 9.17) is 4.98 Å². The topological polar surface area (TPSA) is 52.6 Å². The first-order chi connectivity index (χ1) is 10.8. The molecule has 0 spiro atoms. The van der Waals surface area contributed by atoms with Crippen LogP contribution in [-0.4, -0.2) is 55.7 Å². The number of anilines is 1. The summed E-state index contributed by atoms with van der Waals surface area (Å²) >= 11 is 3.59. The van der Waals surface area contributed by atoms with Crippen LogP contribution in [0.4, 0.5) is 5.13 Å². The number of thioether (sulfide) groups is 1. The second kappa shape index (κ2) is 9.94. The Hall–Kier alpha value is -0.950. The van der Waals surface area contributed by atoms with E-state index in [-0.39, 0.29) is 0 Å². The molecule has 7 heteroatoms. The number of rotatable bonds is 8. The maximum absolute atomic E-state index is 4.75. The zero-order valence-electron chi connectivity index (χ0n) is 13.6. The highest BCUT2D eigenvalue weighted by Crippen LogP contribution is 2.24. The molecule has 0 atom stereocenters. The molecule has 0 unspecified atom stereocenters. The lowest BCUT2D eigenvalue weighted by Gasteiger charge is -2.12. The molecule has 22 heavy (non-hydrogen) atoms. The van der Waals surface area contributed by atoms with E-state index in [2.05, 4.69) is 39.1 Å². The van der Waals surface area contributed by atoms with Gasteiger partial charge in [-0.05, 0) is 26.0 Å². The Balaban J connectivity index is 1.75. The van der Waals surface area contributed by atoms with Gasteiger partial charge < -0.3 is 15.5 Å². The van der Waals surface area contributed by atoms with Gasteiger partial charge in [0.2, 0.25) is 0 Å². The highest BCUT2D eigenvalue weighted by molar-refractivity contribution is 7.98. The average Bonchev–Trinajstić information content (AvgIpc) is 3.18. The summed E-state index contributed by atoms with van der Waals surface area (Å²) in [7, 11) is 0. The third kappa shape index (κ3) is 5.68. The van der Waals surface area contributed by atoms with Gasteiger partial charge in [-0.15, -0.1) is 11.3 Å². The van der Waals surface area contributed by atoms with Crippen LogP contribution in [-0.2, 0) is 6.42 Å². The Bertz CT molecular complexity index is 455. The van der Waals surface area contributed by atoms with Crippen molar-refractivity contribution < 1.29 is 0 Å². The summed E-state index contributed by atoms with van der Waals surface area (Å²) in [6.07, 6.45) is 5.65. The van der Waals surface area contributed by atoms with E-state index in [1.807, 2.05) is 11.8 Å². The maximum atomic E-state index is 4.75. The molecule has 1 aliphatic heterocycles. The fraction of sp³-hybridized carbons (Fsp3) is 0.733. The Morgan fingerprint density at radius 1 is 1.41 bits per heavy atom. The first kappa shape index (κ1) is 17.4. The van der Waals surface area contributed by atoms with Gasteiger partial charge in [0, 0.05) is 43.7 Å². The van der Waals surface area contributed by atoms with E-state index >= 15 is 0 Å². The van der Waals surface area contributed by atoms with Crippen molar-refractivity contribution in [3.05, 3.63) is 11.1 Å². The van der Waals surface area contributed by atoms with Gasteiger partial charge in [0.05, 0.1) is 12.2 Å². The first-order valence-electron chi connectivity index (χ1n) is 8.04. The summed E-state index contributed by atoms with van der Waals surface area (Å²) in [5.41, 5.74) is 1.18. The molecule has 0 aromatic carbocycles. The standard InChI is InChI=1S/C15H27N5S2/c1-3-16-14(18-8-11-21-2)17-7-6-13-12-22-15(19-13)20-9-4-5-10-20/h12H,3-11H2,1-2H3,(H2,16,17,18). The van der Waals surface area contributed by atoms with E-state index in [9.17, 15) is 0 Å². The third-order valence-corrected chi connectivity index (χ3v) is 5.04. The van der Waals surface area contributed by atoms with Gasteiger partial charge >= 0.3 is 0 Å². The highest BCUT2D eigenvalue weighted by Gasteiger charge is 2.15. The molecular weight excluding hydrogens is 314 g/mol. The quantitative estimate of drug-likeness (QED) is 0.431. The average molecular weight is 342 g/mol.